The summed E-state index contributed by atoms with van der Waals surface area (Å²) in [5, 5.41) is 4.19. The second-order valence-corrected chi connectivity index (χ2v) is 7.91. The van der Waals surface area contributed by atoms with Crippen molar-refractivity contribution in [2.45, 2.75) is 6.92 Å². The quantitative estimate of drug-likeness (QED) is 0.608. The summed E-state index contributed by atoms with van der Waals surface area (Å²) >= 11 is 6.11. The Balaban J connectivity index is 1.27. The van der Waals surface area contributed by atoms with Crippen molar-refractivity contribution < 1.29 is 18.7 Å². The van der Waals surface area contributed by atoms with E-state index in [2.05, 4.69) is 5.32 Å². The summed E-state index contributed by atoms with van der Waals surface area (Å²) in [6.07, 6.45) is 0. The van der Waals surface area contributed by atoms with E-state index in [1.54, 1.807) is 46.2 Å². The number of hydrogen-bond donors (Lipinski definition) is 1. The molecule has 8 nitrogen and oxygen atoms in total. The molecule has 0 radical (unpaired) electrons. The van der Waals surface area contributed by atoms with Crippen molar-refractivity contribution in [3.8, 4) is 5.75 Å². The van der Waals surface area contributed by atoms with Gasteiger partial charge < -0.3 is 24.3 Å². The molecule has 0 bridgehead atoms. The van der Waals surface area contributed by atoms with Gasteiger partial charge in [0.25, 0.3) is 5.91 Å². The Kier molecular flexibility index (Phi) is 6.32. The largest absolute Gasteiger partial charge is 0.484 e. The van der Waals surface area contributed by atoms with Crippen molar-refractivity contribution in [2.75, 3.05) is 38.1 Å². The summed E-state index contributed by atoms with van der Waals surface area (Å²) < 4.78 is 10.7. The topological polar surface area (TPSA) is 92.1 Å². The Morgan fingerprint density at radius 1 is 1.03 bits per heavy atom. The zero-order chi connectivity index (χ0) is 22.7. The van der Waals surface area contributed by atoms with E-state index in [0.717, 1.165) is 10.9 Å². The molecule has 0 saturated carbocycles. The second-order valence-electron chi connectivity index (χ2n) is 7.50. The fraction of sp³-hybridized carbons (Fsp3) is 0.261. The number of nitrogens with zero attached hydrogens (tertiary/aromatic N) is 2. The maximum absolute atomic E-state index is 12.5. The van der Waals surface area contributed by atoms with Crippen LogP contribution in [-0.2, 0) is 4.79 Å². The molecule has 9 heteroatoms. The van der Waals surface area contributed by atoms with E-state index >= 15 is 0 Å². The minimum atomic E-state index is -0.446. The molecule has 0 atom stereocenters. The van der Waals surface area contributed by atoms with Crippen molar-refractivity contribution in [3.63, 3.8) is 0 Å². The molecule has 4 rings (SSSR count). The van der Waals surface area contributed by atoms with Crippen molar-refractivity contribution in [1.82, 2.24) is 9.80 Å². The van der Waals surface area contributed by atoms with Crippen LogP contribution in [-0.4, -0.2) is 54.5 Å². The molecule has 3 aromatic rings. The molecule has 1 aliphatic rings. The summed E-state index contributed by atoms with van der Waals surface area (Å²) in [7, 11) is 0. The number of piperazine rings is 1. The monoisotopic (exact) mass is 455 g/mol. The van der Waals surface area contributed by atoms with Crippen LogP contribution in [0.1, 0.15) is 5.56 Å². The number of rotatable bonds is 4. The van der Waals surface area contributed by atoms with Gasteiger partial charge in [-0.15, -0.1) is 0 Å². The number of urea groups is 1. The van der Waals surface area contributed by atoms with Crippen LogP contribution in [0.25, 0.3) is 11.0 Å². The third-order valence-corrected chi connectivity index (χ3v) is 5.71. The Hall–Kier alpha value is -3.52. The van der Waals surface area contributed by atoms with Gasteiger partial charge in [-0.25, -0.2) is 9.59 Å². The number of carbonyl (C=O) groups excluding carboxylic acids is 2. The van der Waals surface area contributed by atoms with Crippen LogP contribution in [0.2, 0.25) is 5.02 Å². The smallest absolute Gasteiger partial charge is 0.336 e. The van der Waals surface area contributed by atoms with Gasteiger partial charge >= 0.3 is 11.7 Å². The lowest BCUT2D eigenvalue weighted by molar-refractivity contribution is -0.134. The van der Waals surface area contributed by atoms with Gasteiger partial charge in [-0.1, -0.05) is 17.7 Å². The normalized spacial score (nSPS) is 13.8. The third kappa shape index (κ3) is 5.03. The molecule has 1 aromatic heterocycles. The molecule has 1 aliphatic heterocycles. The Morgan fingerprint density at radius 2 is 1.75 bits per heavy atom. The molecule has 166 valence electrons. The predicted octanol–water partition coefficient (Wildman–Crippen LogP) is 3.51. The van der Waals surface area contributed by atoms with Crippen molar-refractivity contribution in [1.29, 1.82) is 0 Å². The second kappa shape index (κ2) is 9.32. The molecule has 0 spiro atoms. The molecule has 2 aromatic carbocycles. The van der Waals surface area contributed by atoms with Gasteiger partial charge in [0.1, 0.15) is 11.3 Å². The molecule has 0 aliphatic carbocycles. The molecule has 2 heterocycles. The summed E-state index contributed by atoms with van der Waals surface area (Å²) in [4.78, 5) is 39.7. The highest BCUT2D eigenvalue weighted by Crippen LogP contribution is 2.21. The highest BCUT2D eigenvalue weighted by molar-refractivity contribution is 6.31. The van der Waals surface area contributed by atoms with Crippen LogP contribution in [0, 0.1) is 6.92 Å². The zero-order valence-corrected chi connectivity index (χ0v) is 18.2. The summed E-state index contributed by atoms with van der Waals surface area (Å²) in [6, 6.07) is 13.2. The lowest BCUT2D eigenvalue weighted by atomic mass is 10.2. The van der Waals surface area contributed by atoms with Gasteiger partial charge in [0.05, 0.1) is 0 Å². The van der Waals surface area contributed by atoms with Crippen LogP contribution in [0.3, 0.4) is 0 Å². The van der Waals surface area contributed by atoms with Gasteiger partial charge in [0.2, 0.25) is 0 Å². The minimum absolute atomic E-state index is 0.142. The SMILES string of the molecule is Cc1ccc(NC(=O)N2CCN(C(=O)COc3ccc4ccc(=O)oc4c3)CC2)cc1Cl. The van der Waals surface area contributed by atoms with E-state index in [1.165, 1.54) is 6.07 Å². The van der Waals surface area contributed by atoms with Crippen LogP contribution in [0.5, 0.6) is 5.75 Å². The van der Waals surface area contributed by atoms with E-state index < -0.39 is 5.63 Å². The van der Waals surface area contributed by atoms with Gasteiger partial charge in [0, 0.05) is 54.4 Å². The molecule has 0 unspecified atom stereocenters. The summed E-state index contributed by atoms with van der Waals surface area (Å²) in [6.45, 7) is 3.41. The molecular weight excluding hydrogens is 434 g/mol. The van der Waals surface area contributed by atoms with Crippen molar-refractivity contribution in [2.24, 2.45) is 0 Å². The van der Waals surface area contributed by atoms with Gasteiger partial charge in [-0.05, 0) is 42.8 Å². The molecule has 32 heavy (non-hydrogen) atoms. The fourth-order valence-corrected chi connectivity index (χ4v) is 3.58. The molecule has 1 N–H and O–H groups in total. The first-order valence-corrected chi connectivity index (χ1v) is 10.5. The number of hydrogen-bond acceptors (Lipinski definition) is 5. The minimum Gasteiger partial charge on any atom is -0.484 e. The number of nitrogens with one attached hydrogen (secondary N) is 1. The van der Waals surface area contributed by atoms with Crippen LogP contribution >= 0.6 is 11.6 Å². The molecule has 3 amide bonds. The van der Waals surface area contributed by atoms with E-state index in [0.29, 0.717) is 48.2 Å². The number of carbonyl (C=O) groups is 2. The number of ether oxygens (including phenoxy) is 1. The van der Waals surface area contributed by atoms with Crippen molar-refractivity contribution >= 4 is 40.2 Å². The van der Waals surface area contributed by atoms with E-state index in [1.807, 2.05) is 13.0 Å². The lowest BCUT2D eigenvalue weighted by Crippen LogP contribution is -2.52. The van der Waals surface area contributed by atoms with Gasteiger partial charge in [-0.3, -0.25) is 4.79 Å². The van der Waals surface area contributed by atoms with E-state index in [9.17, 15) is 14.4 Å². The van der Waals surface area contributed by atoms with Crippen LogP contribution < -0.4 is 15.7 Å². The van der Waals surface area contributed by atoms with Gasteiger partial charge in [-0.2, -0.15) is 0 Å². The highest BCUT2D eigenvalue weighted by Gasteiger charge is 2.24. The number of amides is 3. The average Bonchev–Trinajstić information content (AvgIpc) is 2.79. The number of benzene rings is 2. The maximum atomic E-state index is 12.5. The van der Waals surface area contributed by atoms with Crippen molar-refractivity contribution in [3.05, 3.63) is 69.5 Å². The first kappa shape index (κ1) is 21.7. The number of anilines is 1. The Bertz CT molecular complexity index is 1220. The zero-order valence-electron chi connectivity index (χ0n) is 17.5. The van der Waals surface area contributed by atoms with E-state index in [-0.39, 0.29) is 18.5 Å². The fourth-order valence-electron chi connectivity index (χ4n) is 3.40. The third-order valence-electron chi connectivity index (χ3n) is 5.30. The Labute approximate surface area is 189 Å². The first-order chi connectivity index (χ1) is 15.4. The molecular formula is C23H22ClN3O5. The number of halogens is 1. The van der Waals surface area contributed by atoms with Crippen LogP contribution in [0.4, 0.5) is 10.5 Å². The highest BCUT2D eigenvalue weighted by atomic mass is 35.5. The summed E-state index contributed by atoms with van der Waals surface area (Å²) in [5.41, 5.74) is 1.52. The Morgan fingerprint density at radius 3 is 2.50 bits per heavy atom. The standard InChI is InChI=1S/C23H22ClN3O5/c1-15-2-5-17(12-19(15)24)25-23(30)27-10-8-26(9-11-27)21(28)14-31-18-6-3-16-4-7-22(29)32-20(16)13-18/h2-7,12-13H,8-11,14H2,1H3,(H,25,30). The average molecular weight is 456 g/mol. The summed E-state index contributed by atoms with van der Waals surface area (Å²) in [5.74, 6) is 0.264. The molecule has 1 saturated heterocycles. The van der Waals surface area contributed by atoms with Gasteiger partial charge in [0.15, 0.2) is 6.61 Å². The molecule has 1 fully saturated rings. The first-order valence-electron chi connectivity index (χ1n) is 10.2. The number of aryl methyl sites for hydroxylation is 1. The number of fused-ring (bicyclic) bond motifs is 1. The van der Waals surface area contributed by atoms with Crippen LogP contribution in [0.15, 0.2) is 57.7 Å². The maximum Gasteiger partial charge on any atom is 0.336 e. The van der Waals surface area contributed by atoms with E-state index in [4.69, 9.17) is 20.8 Å². The lowest BCUT2D eigenvalue weighted by Gasteiger charge is -2.34. The predicted molar refractivity (Wildman–Crippen MR) is 121 cm³/mol.